The maximum atomic E-state index is 6.74. The molecule has 1 aliphatic rings. The van der Waals surface area contributed by atoms with Crippen LogP contribution in [0.25, 0.3) is 71.3 Å². The number of hydrogen-bond acceptors (Lipinski definition) is 2. The molecule has 49 heavy (non-hydrogen) atoms. The van der Waals surface area contributed by atoms with Gasteiger partial charge in [-0.05, 0) is 89.9 Å². The van der Waals surface area contributed by atoms with E-state index < -0.39 is 0 Å². The third-order valence-electron chi connectivity index (χ3n) is 10.0. The number of aromatic nitrogens is 1. The quantitative estimate of drug-likeness (QED) is 0.189. The Bertz CT molecular complexity index is 2760. The van der Waals surface area contributed by atoms with Gasteiger partial charge in [-0.3, -0.25) is 0 Å². The van der Waals surface area contributed by atoms with Gasteiger partial charge in [0.25, 0.3) is 0 Å². The second-order valence-electron chi connectivity index (χ2n) is 12.8. The second-order valence-corrected chi connectivity index (χ2v) is 12.8. The third-order valence-corrected chi connectivity index (χ3v) is 10.0. The van der Waals surface area contributed by atoms with Crippen LogP contribution in [0.4, 0.5) is 11.4 Å². The lowest BCUT2D eigenvalue weighted by Crippen LogP contribution is -2.17. The summed E-state index contributed by atoms with van der Waals surface area (Å²) < 4.78 is 9.17. The Morgan fingerprint density at radius 3 is 2.12 bits per heavy atom. The Balaban J connectivity index is 1.28. The number of furan rings is 1. The number of rotatable bonds is 5. The largest absolute Gasteiger partial charge is 0.455 e. The topological polar surface area (TPSA) is 21.3 Å². The fraction of sp³-hybridized carbons (Fsp3) is 0.0435. The Kier molecular flexibility index (Phi) is 6.31. The van der Waals surface area contributed by atoms with Crippen LogP contribution >= 0.6 is 0 Å². The molecule has 0 atom stereocenters. The molecule has 7 aromatic carbocycles. The second kappa shape index (κ2) is 11.1. The van der Waals surface area contributed by atoms with Crippen LogP contribution in [-0.2, 0) is 0 Å². The van der Waals surface area contributed by atoms with Crippen LogP contribution in [-0.4, -0.2) is 4.57 Å². The van der Waals surface area contributed by atoms with Crippen molar-refractivity contribution in [2.24, 2.45) is 0 Å². The molecule has 0 spiro atoms. The summed E-state index contributed by atoms with van der Waals surface area (Å²) in [5, 5.41) is 7.05. The molecule has 0 unspecified atom stereocenters. The van der Waals surface area contributed by atoms with Crippen molar-refractivity contribution >= 4 is 65.9 Å². The average molecular weight is 629 g/mol. The molecule has 9 aromatic rings. The van der Waals surface area contributed by atoms with E-state index in [0.29, 0.717) is 0 Å². The van der Waals surface area contributed by atoms with E-state index in [4.69, 9.17) is 4.42 Å². The van der Waals surface area contributed by atoms with Gasteiger partial charge in [0, 0.05) is 44.5 Å². The fourth-order valence-corrected chi connectivity index (χ4v) is 7.85. The fourth-order valence-electron chi connectivity index (χ4n) is 7.85. The van der Waals surface area contributed by atoms with Gasteiger partial charge in [0.15, 0.2) is 0 Å². The molecule has 10 rings (SSSR count). The number of nitrogens with zero attached hydrogens (tertiary/aromatic N) is 2. The van der Waals surface area contributed by atoms with Gasteiger partial charge in [-0.1, -0.05) is 109 Å². The van der Waals surface area contributed by atoms with Crippen molar-refractivity contribution in [1.82, 2.24) is 4.57 Å². The van der Waals surface area contributed by atoms with E-state index in [0.717, 1.165) is 62.6 Å². The van der Waals surface area contributed by atoms with Gasteiger partial charge in [-0.25, -0.2) is 0 Å². The van der Waals surface area contributed by atoms with Gasteiger partial charge < -0.3 is 13.9 Å². The molecule has 0 N–H and O–H groups in total. The predicted octanol–water partition coefficient (Wildman–Crippen LogP) is 12.9. The average Bonchev–Trinajstić information content (AvgIpc) is 3.72. The Hall–Kier alpha value is -6.32. The van der Waals surface area contributed by atoms with Crippen LogP contribution in [0.1, 0.15) is 12.8 Å². The smallest absolute Gasteiger partial charge is 0.145 e. The highest BCUT2D eigenvalue weighted by molar-refractivity contribution is 6.28. The Labute approximate surface area is 284 Å². The van der Waals surface area contributed by atoms with Crippen LogP contribution in [0.15, 0.2) is 180 Å². The minimum absolute atomic E-state index is 0.905. The molecule has 0 saturated carbocycles. The first-order valence-corrected chi connectivity index (χ1v) is 17.0. The van der Waals surface area contributed by atoms with E-state index in [-0.39, 0.29) is 0 Å². The van der Waals surface area contributed by atoms with Crippen LogP contribution in [0, 0.1) is 0 Å². The standard InChI is InChI=1S/C46H32N2O/c1-3-16-32(17-4-1)47(33-18-5-2-6-19-33)34-26-28-35(29-27-34)48-42-24-11-9-22-39(42)44-45(48)40(37-23-13-15-31-14-7-8-20-36(31)37)30-41-38-21-10-12-25-43(38)49-46(41)44/h1-5,7-18,20-30H,6,19H2. The number of benzene rings is 7. The Morgan fingerprint density at radius 2 is 1.29 bits per heavy atom. The zero-order chi connectivity index (χ0) is 32.3. The maximum Gasteiger partial charge on any atom is 0.145 e. The molecule has 1 aliphatic carbocycles. The summed E-state index contributed by atoms with van der Waals surface area (Å²) in [6, 6.07) is 54.6. The summed E-state index contributed by atoms with van der Waals surface area (Å²) in [7, 11) is 0. The normalized spacial score (nSPS) is 13.2. The van der Waals surface area contributed by atoms with Crippen molar-refractivity contribution in [2.45, 2.75) is 12.8 Å². The monoisotopic (exact) mass is 628 g/mol. The summed E-state index contributed by atoms with van der Waals surface area (Å²) >= 11 is 0. The molecule has 0 saturated heterocycles. The number of para-hydroxylation sites is 3. The van der Waals surface area contributed by atoms with Crippen molar-refractivity contribution in [3.8, 4) is 16.8 Å². The maximum absolute atomic E-state index is 6.74. The molecule has 0 amide bonds. The molecule has 0 aliphatic heterocycles. The summed E-state index contributed by atoms with van der Waals surface area (Å²) in [6.45, 7) is 0. The molecule has 0 radical (unpaired) electrons. The zero-order valence-corrected chi connectivity index (χ0v) is 26.9. The number of allylic oxidation sites excluding steroid dienone is 4. The first-order chi connectivity index (χ1) is 24.3. The first-order valence-electron chi connectivity index (χ1n) is 17.0. The van der Waals surface area contributed by atoms with Crippen LogP contribution in [0.2, 0.25) is 0 Å². The van der Waals surface area contributed by atoms with Gasteiger partial charge in [0.05, 0.1) is 16.4 Å². The molecule has 2 aromatic heterocycles. The Morgan fingerprint density at radius 1 is 0.571 bits per heavy atom. The van der Waals surface area contributed by atoms with Gasteiger partial charge in [-0.15, -0.1) is 0 Å². The van der Waals surface area contributed by atoms with Crippen molar-refractivity contribution in [3.63, 3.8) is 0 Å². The lowest BCUT2D eigenvalue weighted by Gasteiger charge is -2.29. The molecule has 3 heteroatoms. The molecule has 3 nitrogen and oxygen atoms in total. The molecular weight excluding hydrogens is 597 g/mol. The van der Waals surface area contributed by atoms with Crippen molar-refractivity contribution in [3.05, 3.63) is 176 Å². The van der Waals surface area contributed by atoms with Crippen LogP contribution in [0.3, 0.4) is 0 Å². The van der Waals surface area contributed by atoms with Gasteiger partial charge in [0.1, 0.15) is 11.2 Å². The summed E-state index contributed by atoms with van der Waals surface area (Å²) in [6.07, 6.45) is 8.70. The number of fused-ring (bicyclic) bond motifs is 8. The SMILES string of the molecule is C1=CCCC(N(c2ccccc2)c2ccc(-n3c4ccccc4c4c5oc6ccccc6c5cc(-c5cccc6ccccc56)c43)cc2)=C1. The lowest BCUT2D eigenvalue weighted by atomic mass is 9.94. The summed E-state index contributed by atoms with van der Waals surface area (Å²) in [5.41, 5.74) is 11.3. The number of hydrogen-bond donors (Lipinski definition) is 0. The van der Waals surface area contributed by atoms with Gasteiger partial charge >= 0.3 is 0 Å². The molecule has 0 bridgehead atoms. The van der Waals surface area contributed by atoms with Crippen LogP contribution < -0.4 is 4.90 Å². The lowest BCUT2D eigenvalue weighted by molar-refractivity contribution is 0.673. The predicted molar refractivity (Wildman–Crippen MR) is 206 cm³/mol. The molecular formula is C46H32N2O. The van der Waals surface area contributed by atoms with Crippen molar-refractivity contribution < 1.29 is 4.42 Å². The highest BCUT2D eigenvalue weighted by atomic mass is 16.3. The summed E-state index contributed by atoms with van der Waals surface area (Å²) in [5.74, 6) is 0. The van der Waals surface area contributed by atoms with Gasteiger partial charge in [-0.2, -0.15) is 0 Å². The van der Waals surface area contributed by atoms with Gasteiger partial charge in [0.2, 0.25) is 0 Å². The van der Waals surface area contributed by atoms with Crippen molar-refractivity contribution in [1.29, 1.82) is 0 Å². The van der Waals surface area contributed by atoms with E-state index >= 15 is 0 Å². The van der Waals surface area contributed by atoms with E-state index in [1.54, 1.807) is 0 Å². The van der Waals surface area contributed by atoms with E-state index in [2.05, 4.69) is 179 Å². The van der Waals surface area contributed by atoms with E-state index in [9.17, 15) is 0 Å². The van der Waals surface area contributed by atoms with Crippen LogP contribution in [0.5, 0.6) is 0 Å². The van der Waals surface area contributed by atoms with Crippen molar-refractivity contribution in [2.75, 3.05) is 4.90 Å². The summed E-state index contributed by atoms with van der Waals surface area (Å²) in [4.78, 5) is 2.39. The first kappa shape index (κ1) is 27.8. The van der Waals surface area contributed by atoms with E-state index in [1.807, 2.05) is 0 Å². The molecule has 232 valence electrons. The molecule has 0 fully saturated rings. The highest BCUT2D eigenvalue weighted by Crippen LogP contribution is 2.46. The zero-order valence-electron chi connectivity index (χ0n) is 26.9. The minimum Gasteiger partial charge on any atom is -0.455 e. The van der Waals surface area contributed by atoms with E-state index in [1.165, 1.54) is 38.7 Å². The number of anilines is 2. The third kappa shape index (κ3) is 4.36. The molecule has 2 heterocycles. The minimum atomic E-state index is 0.905. The highest BCUT2D eigenvalue weighted by Gasteiger charge is 2.24.